The number of amides is 1. The van der Waals surface area contributed by atoms with Crippen LogP contribution in [0, 0.1) is 0 Å². The van der Waals surface area contributed by atoms with Gasteiger partial charge in [-0.1, -0.05) is 13.3 Å². The predicted molar refractivity (Wildman–Crippen MR) is 60.7 cm³/mol. The van der Waals surface area contributed by atoms with Crippen molar-refractivity contribution in [2.24, 2.45) is 0 Å². The second-order valence-electron chi connectivity index (χ2n) is 4.15. The quantitative estimate of drug-likeness (QED) is 0.652. The van der Waals surface area contributed by atoms with E-state index in [1.54, 1.807) is 0 Å². The molecule has 17 heavy (non-hydrogen) atoms. The van der Waals surface area contributed by atoms with Crippen molar-refractivity contribution in [3.8, 4) is 0 Å². The Balaban J connectivity index is 3.46. The zero-order chi connectivity index (χ0) is 13.3. The molecule has 0 aromatic carbocycles. The lowest BCUT2D eigenvalue weighted by molar-refractivity contribution is -0.135. The van der Waals surface area contributed by atoms with Crippen LogP contribution < -0.4 is 10.6 Å². The minimum Gasteiger partial charge on any atom is -0.353 e. The predicted octanol–water partition coefficient (Wildman–Crippen LogP) is 2.22. The Morgan fingerprint density at radius 2 is 2.00 bits per heavy atom. The van der Waals surface area contributed by atoms with Gasteiger partial charge in [-0.15, -0.1) is 0 Å². The molecule has 6 heteroatoms. The summed E-state index contributed by atoms with van der Waals surface area (Å²) in [5.41, 5.74) is 0. The van der Waals surface area contributed by atoms with Crippen molar-refractivity contribution in [3.05, 3.63) is 0 Å². The lowest BCUT2D eigenvalue weighted by atomic mass is 10.2. The van der Waals surface area contributed by atoms with E-state index in [-0.39, 0.29) is 31.5 Å². The van der Waals surface area contributed by atoms with Gasteiger partial charge in [-0.25, -0.2) is 0 Å². The molecular formula is C11H21F3N2O. The van der Waals surface area contributed by atoms with Gasteiger partial charge < -0.3 is 10.6 Å². The van der Waals surface area contributed by atoms with Crippen molar-refractivity contribution in [1.82, 2.24) is 10.6 Å². The maximum Gasteiger partial charge on any atom is 0.389 e. The molecule has 3 nitrogen and oxygen atoms in total. The van der Waals surface area contributed by atoms with Crippen LogP contribution in [-0.4, -0.2) is 31.2 Å². The molecule has 0 aromatic heterocycles. The topological polar surface area (TPSA) is 41.1 Å². The Bertz CT molecular complexity index is 219. The van der Waals surface area contributed by atoms with E-state index in [0.717, 1.165) is 12.8 Å². The van der Waals surface area contributed by atoms with E-state index < -0.39 is 12.6 Å². The molecular weight excluding hydrogens is 233 g/mol. The summed E-state index contributed by atoms with van der Waals surface area (Å²) in [7, 11) is 0. The van der Waals surface area contributed by atoms with Gasteiger partial charge in [0.1, 0.15) is 0 Å². The van der Waals surface area contributed by atoms with Crippen LogP contribution in [0.15, 0.2) is 0 Å². The zero-order valence-corrected chi connectivity index (χ0v) is 10.4. The largest absolute Gasteiger partial charge is 0.389 e. The first-order valence-corrected chi connectivity index (χ1v) is 5.92. The molecule has 0 spiro atoms. The zero-order valence-electron chi connectivity index (χ0n) is 10.4. The summed E-state index contributed by atoms with van der Waals surface area (Å²) < 4.78 is 35.4. The van der Waals surface area contributed by atoms with Gasteiger partial charge in [-0.2, -0.15) is 13.2 Å². The number of halogens is 3. The summed E-state index contributed by atoms with van der Waals surface area (Å²) in [5, 5.41) is 5.46. The number of hydrogen-bond donors (Lipinski definition) is 2. The number of nitrogens with one attached hydrogen (secondary N) is 2. The van der Waals surface area contributed by atoms with E-state index in [1.165, 1.54) is 0 Å². The van der Waals surface area contributed by atoms with E-state index in [1.807, 2.05) is 13.8 Å². The third-order valence-corrected chi connectivity index (χ3v) is 2.23. The molecule has 0 heterocycles. The van der Waals surface area contributed by atoms with Gasteiger partial charge in [0.2, 0.25) is 5.91 Å². The molecule has 0 fully saturated rings. The van der Waals surface area contributed by atoms with Gasteiger partial charge in [0, 0.05) is 12.5 Å². The molecule has 102 valence electrons. The first kappa shape index (κ1) is 16.2. The van der Waals surface area contributed by atoms with Crippen molar-refractivity contribution < 1.29 is 18.0 Å². The van der Waals surface area contributed by atoms with Crippen LogP contribution in [0.1, 0.15) is 39.5 Å². The molecule has 2 N–H and O–H groups in total. The number of alkyl halides is 3. The molecule has 1 amide bonds. The van der Waals surface area contributed by atoms with Gasteiger partial charge >= 0.3 is 6.18 Å². The van der Waals surface area contributed by atoms with Gasteiger partial charge in [0.15, 0.2) is 0 Å². The minimum atomic E-state index is -4.11. The Kier molecular flexibility index (Phi) is 7.95. The fraction of sp³-hybridized carbons (Fsp3) is 0.909. The highest BCUT2D eigenvalue weighted by molar-refractivity contribution is 5.78. The van der Waals surface area contributed by atoms with Crippen molar-refractivity contribution in [1.29, 1.82) is 0 Å². The van der Waals surface area contributed by atoms with Crippen LogP contribution in [0.4, 0.5) is 13.2 Å². The SMILES string of the molecule is CCCC(C)NC(=O)CNCCCC(F)(F)F. The van der Waals surface area contributed by atoms with E-state index >= 15 is 0 Å². The smallest absolute Gasteiger partial charge is 0.353 e. The molecule has 0 aliphatic heterocycles. The molecule has 0 aromatic rings. The maximum absolute atomic E-state index is 11.8. The minimum absolute atomic E-state index is 0.00128. The Hall–Kier alpha value is -0.780. The van der Waals surface area contributed by atoms with Crippen molar-refractivity contribution >= 4 is 5.91 Å². The lowest BCUT2D eigenvalue weighted by Gasteiger charge is -2.13. The highest BCUT2D eigenvalue weighted by Crippen LogP contribution is 2.20. The summed E-state index contributed by atoms with van der Waals surface area (Å²) in [5.74, 6) is -0.169. The number of carbonyl (C=O) groups is 1. The van der Waals surface area contributed by atoms with Crippen molar-refractivity contribution in [3.63, 3.8) is 0 Å². The fourth-order valence-corrected chi connectivity index (χ4v) is 1.45. The monoisotopic (exact) mass is 254 g/mol. The molecule has 0 rings (SSSR count). The van der Waals surface area contributed by atoms with E-state index in [9.17, 15) is 18.0 Å². The van der Waals surface area contributed by atoms with Crippen LogP contribution in [0.3, 0.4) is 0 Å². The first-order chi connectivity index (χ1) is 7.85. The lowest BCUT2D eigenvalue weighted by Crippen LogP contribution is -2.39. The van der Waals surface area contributed by atoms with Crippen LogP contribution in [0.5, 0.6) is 0 Å². The van der Waals surface area contributed by atoms with Crippen LogP contribution >= 0.6 is 0 Å². The highest BCUT2D eigenvalue weighted by atomic mass is 19.4. The van der Waals surface area contributed by atoms with Crippen molar-refractivity contribution in [2.75, 3.05) is 13.1 Å². The van der Waals surface area contributed by atoms with Gasteiger partial charge in [0.05, 0.1) is 6.54 Å². The van der Waals surface area contributed by atoms with Crippen LogP contribution in [-0.2, 0) is 4.79 Å². The third-order valence-electron chi connectivity index (χ3n) is 2.23. The fourth-order valence-electron chi connectivity index (χ4n) is 1.45. The summed E-state index contributed by atoms with van der Waals surface area (Å²) in [6.07, 6.45) is -3.03. The molecule has 0 aliphatic rings. The standard InChI is InChI=1S/C11H21F3N2O/c1-3-5-9(2)16-10(17)8-15-7-4-6-11(12,13)14/h9,15H,3-8H2,1-2H3,(H,16,17). The van der Waals surface area contributed by atoms with Crippen LogP contribution in [0.25, 0.3) is 0 Å². The summed E-state index contributed by atoms with van der Waals surface area (Å²) in [4.78, 5) is 11.3. The van der Waals surface area contributed by atoms with E-state index in [2.05, 4.69) is 10.6 Å². The molecule has 0 bridgehead atoms. The Morgan fingerprint density at radius 1 is 1.35 bits per heavy atom. The second-order valence-corrected chi connectivity index (χ2v) is 4.15. The Morgan fingerprint density at radius 3 is 2.53 bits per heavy atom. The average molecular weight is 254 g/mol. The molecule has 1 unspecified atom stereocenters. The summed E-state index contributed by atoms with van der Waals surface area (Å²) >= 11 is 0. The Labute approximate surface area is 100 Å². The highest BCUT2D eigenvalue weighted by Gasteiger charge is 2.25. The number of hydrogen-bond acceptors (Lipinski definition) is 2. The molecule has 0 aliphatic carbocycles. The molecule has 0 saturated heterocycles. The second kappa shape index (κ2) is 8.33. The van der Waals surface area contributed by atoms with Crippen molar-refractivity contribution in [2.45, 2.75) is 51.7 Å². The van der Waals surface area contributed by atoms with E-state index in [4.69, 9.17) is 0 Å². The van der Waals surface area contributed by atoms with Crippen LogP contribution in [0.2, 0.25) is 0 Å². The molecule has 0 saturated carbocycles. The summed E-state index contributed by atoms with van der Waals surface area (Å²) in [6.45, 7) is 4.21. The average Bonchev–Trinajstić information content (AvgIpc) is 2.15. The van der Waals surface area contributed by atoms with Gasteiger partial charge in [-0.3, -0.25) is 4.79 Å². The molecule has 0 radical (unpaired) electrons. The van der Waals surface area contributed by atoms with Gasteiger partial charge in [0.25, 0.3) is 0 Å². The molecule has 1 atom stereocenters. The third kappa shape index (κ3) is 11.5. The maximum atomic E-state index is 11.8. The number of carbonyl (C=O) groups excluding carboxylic acids is 1. The summed E-state index contributed by atoms with van der Waals surface area (Å²) in [6, 6.07) is 0.115. The van der Waals surface area contributed by atoms with Gasteiger partial charge in [-0.05, 0) is 26.3 Å². The first-order valence-electron chi connectivity index (χ1n) is 5.92. The number of rotatable bonds is 8. The normalized spacial score (nSPS) is 13.5. The van der Waals surface area contributed by atoms with E-state index in [0.29, 0.717) is 0 Å².